The van der Waals surface area contributed by atoms with Gasteiger partial charge in [0.1, 0.15) is 11.6 Å². The SMILES string of the molecule is Cc1nc(N(C)C)[nH]c(=O)c1C#N. The molecular formula is C8H10N4O. The second kappa shape index (κ2) is 3.27. The predicted molar refractivity (Wildman–Crippen MR) is 48.6 cm³/mol. The van der Waals surface area contributed by atoms with Gasteiger partial charge in [0.25, 0.3) is 5.56 Å². The van der Waals surface area contributed by atoms with Gasteiger partial charge in [-0.25, -0.2) is 4.98 Å². The van der Waals surface area contributed by atoms with E-state index in [4.69, 9.17) is 5.26 Å². The van der Waals surface area contributed by atoms with E-state index in [0.29, 0.717) is 11.6 Å². The van der Waals surface area contributed by atoms with Crippen molar-refractivity contribution < 1.29 is 0 Å². The maximum atomic E-state index is 11.3. The van der Waals surface area contributed by atoms with Crippen molar-refractivity contribution in [3.05, 3.63) is 21.6 Å². The van der Waals surface area contributed by atoms with E-state index in [1.807, 2.05) is 0 Å². The summed E-state index contributed by atoms with van der Waals surface area (Å²) in [7, 11) is 3.54. The van der Waals surface area contributed by atoms with Gasteiger partial charge in [-0.05, 0) is 6.92 Å². The Morgan fingerprint density at radius 1 is 1.54 bits per heavy atom. The highest BCUT2D eigenvalue weighted by Crippen LogP contribution is 2.02. The summed E-state index contributed by atoms with van der Waals surface area (Å²) < 4.78 is 0. The van der Waals surface area contributed by atoms with Crippen LogP contribution in [0.2, 0.25) is 0 Å². The Balaban J connectivity index is 3.40. The number of nitrogens with one attached hydrogen (secondary N) is 1. The summed E-state index contributed by atoms with van der Waals surface area (Å²) in [5, 5.41) is 8.61. The van der Waals surface area contributed by atoms with Crippen LogP contribution >= 0.6 is 0 Å². The third kappa shape index (κ3) is 1.67. The maximum absolute atomic E-state index is 11.3. The van der Waals surface area contributed by atoms with Crippen molar-refractivity contribution in [1.82, 2.24) is 9.97 Å². The van der Waals surface area contributed by atoms with Gasteiger partial charge in [0.15, 0.2) is 0 Å². The number of nitriles is 1. The third-order valence-corrected chi connectivity index (χ3v) is 1.62. The molecule has 0 unspecified atom stereocenters. The van der Waals surface area contributed by atoms with Crippen LogP contribution in [0.25, 0.3) is 0 Å². The molecule has 0 saturated heterocycles. The monoisotopic (exact) mass is 178 g/mol. The molecule has 0 bridgehead atoms. The zero-order chi connectivity index (χ0) is 10.0. The molecule has 0 aliphatic carbocycles. The summed E-state index contributed by atoms with van der Waals surface area (Å²) in [5.41, 5.74) is 0.138. The van der Waals surface area contributed by atoms with Crippen molar-refractivity contribution in [2.75, 3.05) is 19.0 Å². The number of H-pyrrole nitrogens is 1. The lowest BCUT2D eigenvalue weighted by molar-refractivity contribution is 0.952. The Morgan fingerprint density at radius 3 is 2.54 bits per heavy atom. The Morgan fingerprint density at radius 2 is 2.15 bits per heavy atom. The van der Waals surface area contributed by atoms with Crippen LogP contribution in [-0.4, -0.2) is 24.1 Å². The molecule has 13 heavy (non-hydrogen) atoms. The molecule has 0 saturated carbocycles. The van der Waals surface area contributed by atoms with Gasteiger partial charge in [0.05, 0.1) is 5.69 Å². The Hall–Kier alpha value is -1.83. The topological polar surface area (TPSA) is 72.8 Å². The molecule has 0 spiro atoms. The van der Waals surface area contributed by atoms with E-state index >= 15 is 0 Å². The lowest BCUT2D eigenvalue weighted by atomic mass is 10.3. The molecule has 0 radical (unpaired) electrons. The standard InChI is InChI=1S/C8H10N4O/c1-5-6(4-9)7(13)11-8(10-5)12(2)3/h1-3H3,(H,10,11,13). The van der Waals surface area contributed by atoms with Crippen molar-refractivity contribution in [2.24, 2.45) is 0 Å². The molecule has 0 atom stereocenters. The second-order valence-electron chi connectivity index (χ2n) is 2.86. The Labute approximate surface area is 75.6 Å². The minimum atomic E-state index is -0.390. The first-order valence-corrected chi connectivity index (χ1v) is 3.74. The number of aromatic amines is 1. The zero-order valence-corrected chi connectivity index (χ0v) is 7.75. The van der Waals surface area contributed by atoms with Crippen LogP contribution in [0.15, 0.2) is 4.79 Å². The molecule has 1 N–H and O–H groups in total. The Bertz CT molecular complexity index is 413. The molecule has 1 aromatic rings. The summed E-state index contributed by atoms with van der Waals surface area (Å²) in [6.07, 6.45) is 0. The molecule has 5 nitrogen and oxygen atoms in total. The fourth-order valence-corrected chi connectivity index (χ4v) is 0.915. The van der Waals surface area contributed by atoms with Crippen molar-refractivity contribution in [3.8, 4) is 6.07 Å². The highest BCUT2D eigenvalue weighted by atomic mass is 16.1. The van der Waals surface area contributed by atoms with Crippen LogP contribution in [0, 0.1) is 18.3 Å². The fourth-order valence-electron chi connectivity index (χ4n) is 0.915. The third-order valence-electron chi connectivity index (χ3n) is 1.62. The van der Waals surface area contributed by atoms with E-state index in [2.05, 4.69) is 9.97 Å². The largest absolute Gasteiger partial charge is 0.348 e. The lowest BCUT2D eigenvalue weighted by Gasteiger charge is -2.10. The summed E-state index contributed by atoms with van der Waals surface area (Å²) >= 11 is 0. The highest BCUT2D eigenvalue weighted by molar-refractivity contribution is 5.36. The number of hydrogen-bond acceptors (Lipinski definition) is 4. The van der Waals surface area contributed by atoms with Crippen LogP contribution in [0.5, 0.6) is 0 Å². The average molecular weight is 178 g/mol. The summed E-state index contributed by atoms with van der Waals surface area (Å²) in [6.45, 7) is 1.64. The molecular weight excluding hydrogens is 168 g/mol. The number of aromatic nitrogens is 2. The minimum Gasteiger partial charge on any atom is -0.348 e. The molecule has 0 aromatic carbocycles. The first-order valence-electron chi connectivity index (χ1n) is 3.74. The van der Waals surface area contributed by atoms with Crippen LogP contribution < -0.4 is 10.5 Å². The molecule has 1 heterocycles. The first-order chi connectivity index (χ1) is 6.06. The quantitative estimate of drug-likeness (QED) is 0.657. The van der Waals surface area contributed by atoms with E-state index in [-0.39, 0.29) is 5.56 Å². The maximum Gasteiger partial charge on any atom is 0.270 e. The van der Waals surface area contributed by atoms with Crippen molar-refractivity contribution in [2.45, 2.75) is 6.92 Å². The fraction of sp³-hybridized carbons (Fsp3) is 0.375. The van der Waals surface area contributed by atoms with Crippen LogP contribution in [-0.2, 0) is 0 Å². The molecule has 0 aliphatic rings. The van der Waals surface area contributed by atoms with E-state index < -0.39 is 5.56 Å². The van der Waals surface area contributed by atoms with Crippen molar-refractivity contribution >= 4 is 5.95 Å². The highest BCUT2D eigenvalue weighted by Gasteiger charge is 2.07. The number of rotatable bonds is 1. The van der Waals surface area contributed by atoms with Crippen molar-refractivity contribution in [1.29, 1.82) is 5.26 Å². The number of nitrogens with zero attached hydrogens (tertiary/aromatic N) is 3. The summed E-state index contributed by atoms with van der Waals surface area (Å²) in [6, 6.07) is 1.80. The smallest absolute Gasteiger partial charge is 0.270 e. The summed E-state index contributed by atoms with van der Waals surface area (Å²) in [5.74, 6) is 0.460. The van der Waals surface area contributed by atoms with Gasteiger partial charge < -0.3 is 4.90 Å². The van der Waals surface area contributed by atoms with Gasteiger partial charge in [-0.15, -0.1) is 0 Å². The lowest BCUT2D eigenvalue weighted by Crippen LogP contribution is -2.21. The van der Waals surface area contributed by atoms with Crippen LogP contribution in [0.3, 0.4) is 0 Å². The van der Waals surface area contributed by atoms with E-state index in [1.165, 1.54) is 0 Å². The Kier molecular flexibility index (Phi) is 2.33. The average Bonchev–Trinajstić information content (AvgIpc) is 2.03. The van der Waals surface area contributed by atoms with Gasteiger partial charge in [0, 0.05) is 14.1 Å². The molecule has 68 valence electrons. The molecule has 0 amide bonds. The molecule has 0 aliphatic heterocycles. The number of hydrogen-bond donors (Lipinski definition) is 1. The van der Waals surface area contributed by atoms with Crippen LogP contribution in [0.1, 0.15) is 11.3 Å². The van der Waals surface area contributed by atoms with E-state index in [1.54, 1.807) is 32.0 Å². The minimum absolute atomic E-state index is 0.0746. The van der Waals surface area contributed by atoms with Crippen molar-refractivity contribution in [3.63, 3.8) is 0 Å². The van der Waals surface area contributed by atoms with Gasteiger partial charge >= 0.3 is 0 Å². The molecule has 1 aromatic heterocycles. The number of anilines is 1. The zero-order valence-electron chi connectivity index (χ0n) is 7.75. The second-order valence-corrected chi connectivity index (χ2v) is 2.86. The molecule has 5 heteroatoms. The first kappa shape index (κ1) is 9.26. The van der Waals surface area contributed by atoms with Gasteiger partial charge in [-0.2, -0.15) is 5.26 Å². The molecule has 0 fully saturated rings. The number of aryl methyl sites for hydroxylation is 1. The van der Waals surface area contributed by atoms with E-state index in [0.717, 1.165) is 0 Å². The van der Waals surface area contributed by atoms with Crippen LogP contribution in [0.4, 0.5) is 5.95 Å². The predicted octanol–water partition coefficient (Wildman–Crippen LogP) is 0.0160. The van der Waals surface area contributed by atoms with E-state index in [9.17, 15) is 4.79 Å². The van der Waals surface area contributed by atoms with Gasteiger partial charge in [-0.3, -0.25) is 9.78 Å². The molecule has 1 rings (SSSR count). The van der Waals surface area contributed by atoms with Gasteiger partial charge in [-0.1, -0.05) is 0 Å². The normalized spacial score (nSPS) is 9.38. The summed E-state index contributed by atoms with van der Waals surface area (Å²) in [4.78, 5) is 19.5. The van der Waals surface area contributed by atoms with Gasteiger partial charge in [0.2, 0.25) is 5.95 Å².